The Balaban J connectivity index is 2.39. The van der Waals surface area contributed by atoms with Crippen LogP contribution < -0.4 is 5.32 Å². The van der Waals surface area contributed by atoms with Crippen molar-refractivity contribution >= 4 is 50.7 Å². The third kappa shape index (κ3) is 18.0. The topological polar surface area (TPSA) is 235 Å². The molecule has 1 rings (SSSR count). The molecular formula is C27H42N4O11S. The van der Waals surface area contributed by atoms with Crippen molar-refractivity contribution in [1.82, 2.24) is 5.32 Å². The monoisotopic (exact) mass is 630 g/mol. The summed E-state index contributed by atoms with van der Waals surface area (Å²) in [5.41, 5.74) is 0.729. The van der Waals surface area contributed by atoms with Crippen LogP contribution in [0.15, 0.2) is 15.4 Å². The van der Waals surface area contributed by atoms with E-state index in [9.17, 15) is 47.4 Å². The lowest BCUT2D eigenvalue weighted by Crippen LogP contribution is -2.41. The highest BCUT2D eigenvalue weighted by Gasteiger charge is 2.25. The Kier molecular flexibility index (Phi) is 17.9. The molecule has 0 spiro atoms. The minimum absolute atomic E-state index is 0.0522. The highest BCUT2D eigenvalue weighted by molar-refractivity contribution is 7.92. The minimum Gasteiger partial charge on any atom is -0.481 e. The van der Waals surface area contributed by atoms with Crippen LogP contribution in [-0.2, 0) is 43.3 Å². The molecule has 1 heterocycles. The van der Waals surface area contributed by atoms with E-state index in [1.165, 1.54) is 0 Å². The van der Waals surface area contributed by atoms with Gasteiger partial charge in [0, 0.05) is 51.7 Å². The number of carbonyl (C=O) groups excluding carboxylic acids is 4. The first-order chi connectivity index (χ1) is 20.3. The number of nitrogens with one attached hydrogen (secondary N) is 1. The average molecular weight is 631 g/mol. The molecule has 2 atom stereocenters. The first-order valence-corrected chi connectivity index (χ1v) is 16.2. The molecule has 0 aromatic heterocycles. The van der Waals surface area contributed by atoms with Gasteiger partial charge in [0.25, 0.3) is 0 Å². The maximum absolute atomic E-state index is 12.3. The van der Waals surface area contributed by atoms with E-state index in [0.717, 1.165) is 5.71 Å². The second kappa shape index (κ2) is 20.5. The number of amides is 1. The summed E-state index contributed by atoms with van der Waals surface area (Å²) < 4.78 is 29.6. The normalized spacial score (nSPS) is 14.1. The predicted molar refractivity (Wildman–Crippen MR) is 153 cm³/mol. The van der Waals surface area contributed by atoms with Gasteiger partial charge >= 0.3 is 11.9 Å². The molecule has 43 heavy (non-hydrogen) atoms. The van der Waals surface area contributed by atoms with Gasteiger partial charge in [-0.1, -0.05) is 0 Å². The highest BCUT2D eigenvalue weighted by Crippen LogP contribution is 2.15. The molecule has 0 unspecified atom stereocenters. The molecule has 0 radical (unpaired) electrons. The van der Waals surface area contributed by atoms with E-state index in [2.05, 4.69) is 20.8 Å². The van der Waals surface area contributed by atoms with Gasteiger partial charge < -0.3 is 20.3 Å². The van der Waals surface area contributed by atoms with Crippen LogP contribution in [0.25, 0.3) is 0 Å². The summed E-state index contributed by atoms with van der Waals surface area (Å²) in [4.78, 5) is 71.8. The predicted octanol–water partition coefficient (Wildman–Crippen LogP) is 1.92. The van der Waals surface area contributed by atoms with E-state index in [4.69, 9.17) is 4.74 Å². The van der Waals surface area contributed by atoms with Crippen molar-refractivity contribution in [3.8, 4) is 0 Å². The van der Waals surface area contributed by atoms with Crippen LogP contribution in [-0.4, -0.2) is 96.8 Å². The zero-order chi connectivity index (χ0) is 32.3. The fourth-order valence-corrected chi connectivity index (χ4v) is 5.57. The van der Waals surface area contributed by atoms with Gasteiger partial charge in [-0.15, -0.1) is 5.10 Å². The van der Waals surface area contributed by atoms with Crippen molar-refractivity contribution in [1.29, 1.82) is 0 Å². The number of aliphatic carboxylic acids is 2. The zero-order valence-corrected chi connectivity index (χ0v) is 25.3. The van der Waals surface area contributed by atoms with E-state index in [1.54, 1.807) is 0 Å². The van der Waals surface area contributed by atoms with Crippen molar-refractivity contribution in [3.63, 3.8) is 0 Å². The van der Waals surface area contributed by atoms with Crippen LogP contribution >= 0.6 is 0 Å². The number of ketones is 3. The Hall–Kier alpha value is -3.40. The van der Waals surface area contributed by atoms with E-state index >= 15 is 0 Å². The largest absolute Gasteiger partial charge is 0.481 e. The quantitative estimate of drug-likeness (QED) is 0.117. The number of carboxylic acid groups (broad SMARTS) is 2. The molecule has 0 bridgehead atoms. The Morgan fingerprint density at radius 1 is 0.884 bits per heavy atom. The van der Waals surface area contributed by atoms with E-state index < -0.39 is 69.1 Å². The summed E-state index contributed by atoms with van der Waals surface area (Å²) >= 11 is 0. The van der Waals surface area contributed by atoms with Crippen LogP contribution in [0.2, 0.25) is 0 Å². The van der Waals surface area contributed by atoms with Gasteiger partial charge in [0.05, 0.1) is 17.4 Å². The van der Waals surface area contributed by atoms with Crippen LogP contribution in [0.3, 0.4) is 0 Å². The molecule has 0 aromatic carbocycles. The molecule has 16 heteroatoms. The Morgan fingerprint density at radius 2 is 1.58 bits per heavy atom. The Bertz CT molecular complexity index is 1150. The molecule has 3 N–H and O–H groups in total. The maximum Gasteiger partial charge on any atom is 0.326 e. The molecule has 242 valence electrons. The summed E-state index contributed by atoms with van der Waals surface area (Å²) in [5.74, 6) is -6.77. The number of carbonyl (C=O) groups is 6. The number of ether oxygens (including phenoxy) is 1. The van der Waals surface area contributed by atoms with Crippen molar-refractivity contribution < 1.29 is 52.1 Å². The van der Waals surface area contributed by atoms with E-state index in [1.807, 2.05) is 6.92 Å². The molecule has 1 aliphatic rings. The number of carboxylic acids is 2. The zero-order valence-electron chi connectivity index (χ0n) is 24.5. The minimum atomic E-state index is -3.74. The van der Waals surface area contributed by atoms with Crippen LogP contribution in [0, 0.1) is 5.92 Å². The number of hydrogen-bond donors (Lipinski definition) is 3. The molecule has 0 fully saturated rings. The molecule has 0 saturated heterocycles. The van der Waals surface area contributed by atoms with Gasteiger partial charge in [-0.25, -0.2) is 13.2 Å². The van der Waals surface area contributed by atoms with Crippen molar-refractivity contribution in [2.45, 2.75) is 90.0 Å². The Labute approximate surface area is 250 Å². The van der Waals surface area contributed by atoms with Gasteiger partial charge in [0.2, 0.25) is 5.91 Å². The fraction of sp³-hybridized carbons (Fsp3) is 0.741. The van der Waals surface area contributed by atoms with Crippen LogP contribution in [0.1, 0.15) is 84.0 Å². The summed E-state index contributed by atoms with van der Waals surface area (Å²) in [5, 5.41) is 32.1. The fourth-order valence-electron chi connectivity index (χ4n) is 4.20. The first kappa shape index (κ1) is 37.6. The first-order valence-electron chi connectivity index (χ1n) is 14.3. The summed E-state index contributed by atoms with van der Waals surface area (Å²) in [6, 6.07) is -1.32. The standard InChI is InChI=1S/C27H42N4O11S/c1-2-42-14-4-8-21(32)11-12-24(27(38)39)29-25(35)13-10-19(26(36)37)16-22(33)9-5-15-43(40,41)18-23(34)7-3-6-20-17-28-31-30-20/h19,24H,2-18H2,1H3,(H,29,35)(H,36,37)(H,38,39)/t19-,24+/m1/s1. The molecular weight excluding hydrogens is 588 g/mol. The summed E-state index contributed by atoms with van der Waals surface area (Å²) in [7, 11) is -3.74. The number of nitrogens with zero attached hydrogens (tertiary/aromatic N) is 3. The van der Waals surface area contributed by atoms with Gasteiger partial charge in [-0.3, -0.25) is 24.0 Å². The second-order valence-corrected chi connectivity index (χ2v) is 12.5. The molecule has 1 amide bonds. The number of hydrogen-bond acceptors (Lipinski definition) is 12. The maximum atomic E-state index is 12.3. The molecule has 15 nitrogen and oxygen atoms in total. The SMILES string of the molecule is CCOCCCC(=O)CC[C@H](NC(=O)CC[C@H](CC(=O)CCCS(=O)(=O)CC(=O)CCCC1=NN=NC1)C(=O)O)C(=O)O. The van der Waals surface area contributed by atoms with E-state index in [-0.39, 0.29) is 57.1 Å². The lowest BCUT2D eigenvalue weighted by molar-refractivity contribution is -0.145. The van der Waals surface area contributed by atoms with Gasteiger partial charge in [0.15, 0.2) is 9.84 Å². The number of sulfone groups is 1. The lowest BCUT2D eigenvalue weighted by atomic mass is 9.95. The Morgan fingerprint density at radius 3 is 2.21 bits per heavy atom. The number of rotatable bonds is 26. The third-order valence-corrected chi connectivity index (χ3v) is 8.22. The summed E-state index contributed by atoms with van der Waals surface area (Å²) in [6.45, 7) is 3.15. The van der Waals surface area contributed by atoms with Gasteiger partial charge in [-0.2, -0.15) is 5.11 Å². The summed E-state index contributed by atoms with van der Waals surface area (Å²) in [6.07, 6.45) is 0.235. The molecule has 0 saturated carbocycles. The second-order valence-electron chi connectivity index (χ2n) is 10.3. The van der Waals surface area contributed by atoms with Crippen LogP contribution in [0.5, 0.6) is 0 Å². The van der Waals surface area contributed by atoms with Gasteiger partial charge in [0.1, 0.15) is 35.7 Å². The van der Waals surface area contributed by atoms with Crippen LogP contribution in [0.4, 0.5) is 0 Å². The van der Waals surface area contributed by atoms with E-state index in [0.29, 0.717) is 39.0 Å². The average Bonchev–Trinajstić information content (AvgIpc) is 3.44. The highest BCUT2D eigenvalue weighted by atomic mass is 32.2. The molecule has 0 aromatic rings. The van der Waals surface area contributed by atoms with Crippen molar-refractivity contribution in [3.05, 3.63) is 0 Å². The third-order valence-electron chi connectivity index (χ3n) is 6.55. The lowest BCUT2D eigenvalue weighted by Gasteiger charge is -2.16. The number of Topliss-reactive ketones (excluding diaryl/α,β-unsaturated/α-hetero) is 3. The smallest absolute Gasteiger partial charge is 0.326 e. The molecule has 0 aliphatic carbocycles. The van der Waals surface area contributed by atoms with Gasteiger partial charge in [-0.05, 0) is 50.7 Å². The molecule has 1 aliphatic heterocycles. The van der Waals surface area contributed by atoms with Crippen molar-refractivity contribution in [2.75, 3.05) is 31.3 Å². The van der Waals surface area contributed by atoms with Crippen molar-refractivity contribution in [2.24, 2.45) is 21.4 Å².